The summed E-state index contributed by atoms with van der Waals surface area (Å²) in [5.74, 6) is 0.526. The summed E-state index contributed by atoms with van der Waals surface area (Å²) in [4.78, 5) is 20.5. The second-order valence-corrected chi connectivity index (χ2v) is 5.79. The molecule has 0 radical (unpaired) electrons. The van der Waals surface area contributed by atoms with Gasteiger partial charge in [-0.3, -0.25) is 4.79 Å². The van der Waals surface area contributed by atoms with Crippen LogP contribution in [0.25, 0.3) is 0 Å². The highest BCUT2D eigenvalue weighted by atomic mass is 32.2. The number of aryl methyl sites for hydroxylation is 1. The molecule has 2 aromatic rings. The lowest BCUT2D eigenvalue weighted by atomic mass is 10.2. The Morgan fingerprint density at radius 3 is 2.71 bits per heavy atom. The van der Waals surface area contributed by atoms with E-state index in [4.69, 9.17) is 4.74 Å². The fourth-order valence-corrected chi connectivity index (χ4v) is 2.44. The maximum Gasteiger partial charge on any atom is 0.237 e. The number of benzene rings is 1. The number of carbonyl (C=O) groups excluding carboxylic acids is 1. The van der Waals surface area contributed by atoms with Gasteiger partial charge in [0.25, 0.3) is 0 Å². The average molecular weight is 303 g/mol. The van der Waals surface area contributed by atoms with Crippen molar-refractivity contribution in [1.82, 2.24) is 9.97 Å². The Labute approximate surface area is 128 Å². The average Bonchev–Trinajstić information content (AvgIpc) is 2.48. The molecule has 1 amide bonds. The Kier molecular flexibility index (Phi) is 5.16. The minimum atomic E-state index is -0.308. The molecule has 110 valence electrons. The van der Waals surface area contributed by atoms with Crippen molar-refractivity contribution >= 4 is 23.4 Å². The number of anilines is 1. The van der Waals surface area contributed by atoms with Crippen LogP contribution in [0.4, 0.5) is 5.69 Å². The van der Waals surface area contributed by atoms with Gasteiger partial charge in [-0.15, -0.1) is 0 Å². The molecule has 0 aliphatic rings. The zero-order chi connectivity index (χ0) is 15.2. The van der Waals surface area contributed by atoms with E-state index in [-0.39, 0.29) is 11.2 Å². The number of hydrogen-bond acceptors (Lipinski definition) is 5. The van der Waals surface area contributed by atoms with Crippen molar-refractivity contribution in [2.45, 2.75) is 24.3 Å². The van der Waals surface area contributed by atoms with Gasteiger partial charge in [-0.25, -0.2) is 9.97 Å². The summed E-state index contributed by atoms with van der Waals surface area (Å²) >= 11 is 1.31. The predicted octanol–water partition coefficient (Wildman–Crippen LogP) is 2.91. The molecule has 0 fully saturated rings. The first-order valence-electron chi connectivity index (χ1n) is 6.49. The van der Waals surface area contributed by atoms with Crippen molar-refractivity contribution in [3.63, 3.8) is 0 Å². The van der Waals surface area contributed by atoms with Gasteiger partial charge >= 0.3 is 0 Å². The van der Waals surface area contributed by atoms with E-state index in [0.717, 1.165) is 5.56 Å². The molecule has 1 aromatic heterocycles. The molecule has 0 spiro atoms. The van der Waals surface area contributed by atoms with Crippen molar-refractivity contribution in [2.24, 2.45) is 0 Å². The van der Waals surface area contributed by atoms with Crippen molar-refractivity contribution in [1.29, 1.82) is 0 Å². The van der Waals surface area contributed by atoms with Crippen LogP contribution in [-0.4, -0.2) is 28.2 Å². The second kappa shape index (κ2) is 7.08. The Morgan fingerprint density at radius 1 is 1.33 bits per heavy atom. The molecule has 21 heavy (non-hydrogen) atoms. The Balaban J connectivity index is 2.05. The molecule has 1 heterocycles. The zero-order valence-electron chi connectivity index (χ0n) is 12.2. The van der Waals surface area contributed by atoms with Crippen LogP contribution in [0.3, 0.4) is 0 Å². The first-order chi connectivity index (χ1) is 10.1. The number of ether oxygens (including phenoxy) is 1. The first kappa shape index (κ1) is 15.3. The second-order valence-electron chi connectivity index (χ2n) is 4.48. The minimum Gasteiger partial charge on any atom is -0.495 e. The number of nitrogens with one attached hydrogen (secondary N) is 1. The number of nitrogens with zero attached hydrogens (tertiary/aromatic N) is 2. The lowest BCUT2D eigenvalue weighted by Gasteiger charge is -2.14. The minimum absolute atomic E-state index is 0.114. The van der Waals surface area contributed by atoms with E-state index in [1.807, 2.05) is 32.0 Å². The zero-order valence-corrected chi connectivity index (χ0v) is 13.0. The molecule has 0 aliphatic heterocycles. The third-order valence-electron chi connectivity index (χ3n) is 2.81. The van der Waals surface area contributed by atoms with Gasteiger partial charge in [-0.1, -0.05) is 17.8 Å². The Morgan fingerprint density at radius 2 is 2.05 bits per heavy atom. The van der Waals surface area contributed by atoms with E-state index in [9.17, 15) is 4.79 Å². The molecular formula is C15H17N3O2S. The fraction of sp³-hybridized carbons (Fsp3) is 0.267. The first-order valence-corrected chi connectivity index (χ1v) is 7.37. The molecule has 0 saturated carbocycles. The van der Waals surface area contributed by atoms with E-state index >= 15 is 0 Å². The Bertz CT molecular complexity index is 620. The number of carbonyl (C=O) groups is 1. The van der Waals surface area contributed by atoms with Gasteiger partial charge < -0.3 is 10.1 Å². The molecule has 1 atom stereocenters. The highest BCUT2D eigenvalue weighted by Gasteiger charge is 2.17. The van der Waals surface area contributed by atoms with E-state index < -0.39 is 0 Å². The maximum absolute atomic E-state index is 12.3. The normalized spacial score (nSPS) is 11.8. The summed E-state index contributed by atoms with van der Waals surface area (Å²) in [5.41, 5.74) is 1.72. The van der Waals surface area contributed by atoms with Gasteiger partial charge in [-0.2, -0.15) is 0 Å². The van der Waals surface area contributed by atoms with Gasteiger partial charge in [0.15, 0.2) is 5.16 Å². The number of thioether (sulfide) groups is 1. The topological polar surface area (TPSA) is 64.1 Å². The van der Waals surface area contributed by atoms with Crippen LogP contribution in [0.2, 0.25) is 0 Å². The SMILES string of the molecule is COc1ccc(C)cc1NC(=O)C(C)Sc1ncccn1. The quantitative estimate of drug-likeness (QED) is 0.679. The van der Waals surface area contributed by atoms with Crippen LogP contribution in [0.15, 0.2) is 41.8 Å². The smallest absolute Gasteiger partial charge is 0.237 e. The number of methoxy groups -OCH3 is 1. The molecule has 1 unspecified atom stereocenters. The Hall–Kier alpha value is -2.08. The van der Waals surface area contributed by atoms with E-state index in [2.05, 4.69) is 15.3 Å². The van der Waals surface area contributed by atoms with Crippen LogP contribution < -0.4 is 10.1 Å². The highest BCUT2D eigenvalue weighted by molar-refractivity contribution is 8.00. The molecular weight excluding hydrogens is 286 g/mol. The summed E-state index contributed by atoms with van der Waals surface area (Å²) < 4.78 is 5.25. The number of rotatable bonds is 5. The van der Waals surface area contributed by atoms with Crippen LogP contribution in [0.1, 0.15) is 12.5 Å². The number of hydrogen-bond donors (Lipinski definition) is 1. The van der Waals surface area contributed by atoms with Crippen LogP contribution in [-0.2, 0) is 4.79 Å². The predicted molar refractivity (Wildman–Crippen MR) is 83.7 cm³/mol. The summed E-state index contributed by atoms with van der Waals surface area (Å²) in [6.07, 6.45) is 3.31. The van der Waals surface area contributed by atoms with Gasteiger partial charge in [-0.05, 0) is 37.6 Å². The summed E-state index contributed by atoms with van der Waals surface area (Å²) in [5, 5.41) is 3.15. The van der Waals surface area contributed by atoms with Gasteiger partial charge in [0, 0.05) is 12.4 Å². The number of aromatic nitrogens is 2. The largest absolute Gasteiger partial charge is 0.495 e. The molecule has 1 N–H and O–H groups in total. The molecule has 2 rings (SSSR count). The van der Waals surface area contributed by atoms with E-state index in [1.54, 1.807) is 25.6 Å². The van der Waals surface area contributed by atoms with Gasteiger partial charge in [0.05, 0.1) is 18.0 Å². The molecule has 0 aliphatic carbocycles. The third kappa shape index (κ3) is 4.19. The standard InChI is InChI=1S/C15H17N3O2S/c1-10-5-6-13(20-3)12(9-10)18-14(19)11(2)21-15-16-7-4-8-17-15/h4-9,11H,1-3H3,(H,18,19). The summed E-state index contributed by atoms with van der Waals surface area (Å²) in [7, 11) is 1.58. The van der Waals surface area contributed by atoms with Crippen molar-refractivity contribution in [3.8, 4) is 5.75 Å². The lowest BCUT2D eigenvalue weighted by molar-refractivity contribution is -0.115. The maximum atomic E-state index is 12.3. The van der Waals surface area contributed by atoms with Crippen LogP contribution in [0, 0.1) is 6.92 Å². The molecule has 6 heteroatoms. The summed E-state index contributed by atoms with van der Waals surface area (Å²) in [6, 6.07) is 7.40. The number of amides is 1. The molecule has 0 saturated heterocycles. The van der Waals surface area contributed by atoms with Crippen molar-refractivity contribution in [3.05, 3.63) is 42.2 Å². The van der Waals surface area contributed by atoms with Gasteiger partial charge in [0.2, 0.25) is 5.91 Å². The third-order valence-corrected chi connectivity index (χ3v) is 3.80. The summed E-state index contributed by atoms with van der Waals surface area (Å²) in [6.45, 7) is 3.78. The van der Waals surface area contributed by atoms with Crippen molar-refractivity contribution < 1.29 is 9.53 Å². The van der Waals surface area contributed by atoms with E-state index in [0.29, 0.717) is 16.6 Å². The van der Waals surface area contributed by atoms with Crippen LogP contribution >= 0.6 is 11.8 Å². The van der Waals surface area contributed by atoms with Gasteiger partial charge in [0.1, 0.15) is 5.75 Å². The molecule has 1 aromatic carbocycles. The monoisotopic (exact) mass is 303 g/mol. The molecule has 5 nitrogen and oxygen atoms in total. The van der Waals surface area contributed by atoms with Crippen molar-refractivity contribution in [2.75, 3.05) is 12.4 Å². The fourth-order valence-electron chi connectivity index (χ4n) is 1.71. The van der Waals surface area contributed by atoms with Crippen LogP contribution in [0.5, 0.6) is 5.75 Å². The highest BCUT2D eigenvalue weighted by Crippen LogP contribution is 2.27. The molecule has 0 bridgehead atoms. The lowest BCUT2D eigenvalue weighted by Crippen LogP contribution is -2.23. The van der Waals surface area contributed by atoms with E-state index in [1.165, 1.54) is 11.8 Å².